The van der Waals surface area contributed by atoms with Gasteiger partial charge in [0.2, 0.25) is 5.91 Å². The molecule has 4 nitrogen and oxygen atoms in total. The molecule has 1 saturated heterocycles. The number of nitrogens with one attached hydrogen (secondary N) is 1. The van der Waals surface area contributed by atoms with Crippen LogP contribution < -0.4 is 5.32 Å². The van der Waals surface area contributed by atoms with Crippen molar-refractivity contribution in [3.05, 3.63) is 64.5 Å². The van der Waals surface area contributed by atoms with Gasteiger partial charge in [0.05, 0.1) is 25.7 Å². The Balaban J connectivity index is 1.62. The lowest BCUT2D eigenvalue weighted by molar-refractivity contribution is -0.121. The van der Waals surface area contributed by atoms with Gasteiger partial charge in [0.1, 0.15) is 0 Å². The second kappa shape index (κ2) is 7.79. The zero-order valence-corrected chi connectivity index (χ0v) is 15.2. The average molecular weight is 338 g/mol. The van der Waals surface area contributed by atoms with Gasteiger partial charge in [-0.05, 0) is 61.6 Å². The molecule has 0 bridgehead atoms. The molecule has 1 aromatic heterocycles. The summed E-state index contributed by atoms with van der Waals surface area (Å²) < 4.78 is 5.63. The highest BCUT2D eigenvalue weighted by Crippen LogP contribution is 2.20. The molecule has 0 saturated carbocycles. The first-order valence-electron chi connectivity index (χ1n) is 8.85. The lowest BCUT2D eigenvalue weighted by Gasteiger charge is -2.20. The molecule has 1 aliphatic heterocycles. The van der Waals surface area contributed by atoms with Gasteiger partial charge in [0, 0.05) is 18.3 Å². The molecule has 4 heteroatoms. The average Bonchev–Trinajstić information content (AvgIpc) is 2.98. The Morgan fingerprint density at radius 3 is 2.52 bits per heavy atom. The number of ether oxygens (including phenoxy) is 1. The molecule has 132 valence electrons. The zero-order valence-electron chi connectivity index (χ0n) is 15.2. The van der Waals surface area contributed by atoms with Gasteiger partial charge in [0.15, 0.2) is 0 Å². The van der Waals surface area contributed by atoms with Crippen LogP contribution in [0, 0.1) is 26.7 Å². The quantitative estimate of drug-likeness (QED) is 0.912. The molecule has 0 radical (unpaired) electrons. The number of amides is 1. The molecule has 25 heavy (non-hydrogen) atoms. The number of benzene rings is 1. The molecule has 2 atom stereocenters. The second-order valence-corrected chi connectivity index (χ2v) is 7.09. The molecule has 3 rings (SSSR count). The van der Waals surface area contributed by atoms with Crippen molar-refractivity contribution >= 4 is 5.91 Å². The Labute approximate surface area is 149 Å². The van der Waals surface area contributed by atoms with Crippen molar-refractivity contribution in [2.75, 3.05) is 13.2 Å². The van der Waals surface area contributed by atoms with E-state index >= 15 is 0 Å². The van der Waals surface area contributed by atoms with Crippen molar-refractivity contribution < 1.29 is 9.53 Å². The van der Waals surface area contributed by atoms with E-state index in [0.29, 0.717) is 25.6 Å². The van der Waals surface area contributed by atoms with Gasteiger partial charge in [-0.3, -0.25) is 9.78 Å². The largest absolute Gasteiger partial charge is 0.379 e. The van der Waals surface area contributed by atoms with Crippen LogP contribution >= 0.6 is 0 Å². The van der Waals surface area contributed by atoms with Crippen molar-refractivity contribution in [3.63, 3.8) is 0 Å². The molecule has 1 fully saturated rings. The fourth-order valence-electron chi connectivity index (χ4n) is 3.69. The van der Waals surface area contributed by atoms with Crippen LogP contribution in [-0.4, -0.2) is 30.1 Å². The van der Waals surface area contributed by atoms with Gasteiger partial charge < -0.3 is 10.1 Å². The molecule has 1 aromatic carbocycles. The fraction of sp³-hybridized carbons (Fsp3) is 0.429. The third-order valence-corrected chi connectivity index (χ3v) is 4.97. The van der Waals surface area contributed by atoms with Crippen LogP contribution in [-0.2, 0) is 22.4 Å². The molecule has 2 heterocycles. The number of aryl methyl sites for hydroxylation is 3. The molecular weight excluding hydrogens is 312 g/mol. The van der Waals surface area contributed by atoms with Crippen LogP contribution in [0.25, 0.3) is 0 Å². The summed E-state index contributed by atoms with van der Waals surface area (Å²) >= 11 is 0. The van der Waals surface area contributed by atoms with Crippen molar-refractivity contribution in [2.24, 2.45) is 5.92 Å². The van der Waals surface area contributed by atoms with Gasteiger partial charge in [0.25, 0.3) is 0 Å². The van der Waals surface area contributed by atoms with Gasteiger partial charge in [-0.2, -0.15) is 0 Å². The van der Waals surface area contributed by atoms with Crippen LogP contribution in [0.4, 0.5) is 0 Å². The number of pyridine rings is 1. The third kappa shape index (κ3) is 4.45. The van der Waals surface area contributed by atoms with Crippen molar-refractivity contribution in [2.45, 2.75) is 39.7 Å². The van der Waals surface area contributed by atoms with Crippen LogP contribution in [0.5, 0.6) is 0 Å². The number of aromatic nitrogens is 1. The predicted molar refractivity (Wildman–Crippen MR) is 98.5 cm³/mol. The number of hydrogen-bond acceptors (Lipinski definition) is 3. The summed E-state index contributed by atoms with van der Waals surface area (Å²) in [5.41, 5.74) is 5.97. The summed E-state index contributed by atoms with van der Waals surface area (Å²) in [6.45, 7) is 7.52. The summed E-state index contributed by atoms with van der Waals surface area (Å²) in [7, 11) is 0. The van der Waals surface area contributed by atoms with Crippen LogP contribution in [0.1, 0.15) is 27.8 Å². The molecule has 2 aromatic rings. The smallest absolute Gasteiger partial charge is 0.224 e. The van der Waals surface area contributed by atoms with E-state index < -0.39 is 0 Å². The van der Waals surface area contributed by atoms with E-state index in [2.05, 4.69) is 43.2 Å². The lowest BCUT2D eigenvalue weighted by atomic mass is 9.94. The normalized spacial score (nSPS) is 19.8. The van der Waals surface area contributed by atoms with Crippen molar-refractivity contribution in [1.29, 1.82) is 0 Å². The SMILES string of the molecule is Cc1cc(C)c(CC(=O)N[C@@H]2COC[C@H]2Cc2ccncc2)c(C)c1. The third-order valence-electron chi connectivity index (χ3n) is 4.97. The highest BCUT2D eigenvalue weighted by atomic mass is 16.5. The molecule has 1 amide bonds. The van der Waals surface area contributed by atoms with E-state index in [1.54, 1.807) is 0 Å². The van der Waals surface area contributed by atoms with E-state index in [4.69, 9.17) is 4.74 Å². The number of nitrogens with zero attached hydrogens (tertiary/aromatic N) is 1. The van der Waals surface area contributed by atoms with Gasteiger partial charge in [-0.15, -0.1) is 0 Å². The first kappa shape index (κ1) is 17.6. The maximum Gasteiger partial charge on any atom is 0.224 e. The molecule has 1 N–H and O–H groups in total. The summed E-state index contributed by atoms with van der Waals surface area (Å²) in [6.07, 6.45) is 4.94. The highest BCUT2D eigenvalue weighted by molar-refractivity contribution is 5.79. The fourth-order valence-corrected chi connectivity index (χ4v) is 3.69. The highest BCUT2D eigenvalue weighted by Gasteiger charge is 2.29. The minimum atomic E-state index is 0.0743. The molecule has 0 spiro atoms. The van der Waals surface area contributed by atoms with E-state index in [0.717, 1.165) is 12.0 Å². The predicted octanol–water partition coefficient (Wildman–Crippen LogP) is 2.92. The van der Waals surface area contributed by atoms with E-state index in [-0.39, 0.29) is 11.9 Å². The minimum absolute atomic E-state index is 0.0743. The summed E-state index contributed by atoms with van der Waals surface area (Å²) in [4.78, 5) is 16.6. The molecular formula is C21H26N2O2. The molecule has 1 aliphatic rings. The Morgan fingerprint density at radius 2 is 1.84 bits per heavy atom. The monoisotopic (exact) mass is 338 g/mol. The number of carbonyl (C=O) groups is 1. The summed E-state index contributed by atoms with van der Waals surface area (Å²) in [6, 6.07) is 8.40. The maximum atomic E-state index is 12.6. The van der Waals surface area contributed by atoms with Gasteiger partial charge in [-0.1, -0.05) is 17.7 Å². The van der Waals surface area contributed by atoms with E-state index in [1.807, 2.05) is 24.5 Å². The standard InChI is InChI=1S/C21H26N2O2/c1-14-8-15(2)19(16(3)9-14)11-21(24)23-20-13-25-12-18(20)10-17-4-6-22-7-5-17/h4-9,18,20H,10-13H2,1-3H3,(H,23,24)/t18-,20-/m1/s1. The maximum absolute atomic E-state index is 12.6. The Bertz CT molecular complexity index is 720. The molecule has 0 unspecified atom stereocenters. The Morgan fingerprint density at radius 1 is 1.16 bits per heavy atom. The Kier molecular flexibility index (Phi) is 5.49. The van der Waals surface area contributed by atoms with Crippen molar-refractivity contribution in [1.82, 2.24) is 10.3 Å². The number of carbonyl (C=O) groups excluding carboxylic acids is 1. The van der Waals surface area contributed by atoms with Gasteiger partial charge >= 0.3 is 0 Å². The number of rotatable bonds is 5. The lowest BCUT2D eigenvalue weighted by Crippen LogP contribution is -2.41. The first-order chi connectivity index (χ1) is 12.0. The van der Waals surface area contributed by atoms with Crippen molar-refractivity contribution in [3.8, 4) is 0 Å². The van der Waals surface area contributed by atoms with Crippen LogP contribution in [0.3, 0.4) is 0 Å². The van der Waals surface area contributed by atoms with Crippen LogP contribution in [0.2, 0.25) is 0 Å². The first-order valence-corrected chi connectivity index (χ1v) is 8.85. The number of hydrogen-bond donors (Lipinski definition) is 1. The second-order valence-electron chi connectivity index (χ2n) is 7.09. The summed E-state index contributed by atoms with van der Waals surface area (Å²) in [5.74, 6) is 0.386. The zero-order chi connectivity index (χ0) is 17.8. The Hall–Kier alpha value is -2.20. The van der Waals surface area contributed by atoms with Gasteiger partial charge in [-0.25, -0.2) is 0 Å². The molecule has 0 aliphatic carbocycles. The minimum Gasteiger partial charge on any atom is -0.379 e. The van der Waals surface area contributed by atoms with Crippen LogP contribution in [0.15, 0.2) is 36.7 Å². The van der Waals surface area contributed by atoms with E-state index in [9.17, 15) is 4.79 Å². The summed E-state index contributed by atoms with van der Waals surface area (Å²) in [5, 5.41) is 3.19. The van der Waals surface area contributed by atoms with E-state index in [1.165, 1.54) is 22.3 Å². The topological polar surface area (TPSA) is 51.2 Å².